The molecular formula is C16H25FN2. The molecule has 1 aliphatic rings. The molecule has 0 spiro atoms. The maximum absolute atomic E-state index is 14.3. The van der Waals surface area contributed by atoms with Crippen molar-refractivity contribution in [2.45, 2.75) is 52.1 Å². The third-order valence-electron chi connectivity index (χ3n) is 3.95. The first kappa shape index (κ1) is 14.3. The lowest BCUT2D eigenvalue weighted by Gasteiger charge is -2.30. The number of rotatable bonds is 4. The Morgan fingerprint density at radius 1 is 1.32 bits per heavy atom. The quantitative estimate of drug-likeness (QED) is 0.892. The first-order valence-electron chi connectivity index (χ1n) is 7.48. The monoisotopic (exact) mass is 264 g/mol. The molecule has 3 heteroatoms. The average molecular weight is 264 g/mol. The molecule has 1 unspecified atom stereocenters. The molecule has 0 radical (unpaired) electrons. The summed E-state index contributed by atoms with van der Waals surface area (Å²) in [5, 5.41) is 3.23. The molecule has 2 rings (SSSR count). The Hall–Kier alpha value is -1.09. The summed E-state index contributed by atoms with van der Waals surface area (Å²) in [6.07, 6.45) is 4.86. The van der Waals surface area contributed by atoms with E-state index in [4.69, 9.17) is 0 Å². The molecular weight excluding hydrogens is 239 g/mol. The predicted molar refractivity (Wildman–Crippen MR) is 79.1 cm³/mol. The van der Waals surface area contributed by atoms with Crippen molar-refractivity contribution >= 4 is 5.69 Å². The van der Waals surface area contributed by atoms with Gasteiger partial charge in [0.05, 0.1) is 5.69 Å². The molecule has 106 valence electrons. The molecule has 19 heavy (non-hydrogen) atoms. The van der Waals surface area contributed by atoms with Crippen LogP contribution >= 0.6 is 0 Å². The normalized spacial score (nSPS) is 20.4. The first-order chi connectivity index (χ1) is 9.22. The van der Waals surface area contributed by atoms with Crippen molar-refractivity contribution in [3.63, 3.8) is 0 Å². The lowest BCUT2D eigenvalue weighted by molar-refractivity contribution is 0.578. The third-order valence-corrected chi connectivity index (χ3v) is 3.95. The molecule has 0 aliphatic carbocycles. The van der Waals surface area contributed by atoms with Crippen LogP contribution in [0.1, 0.15) is 45.1 Å². The van der Waals surface area contributed by atoms with Crippen molar-refractivity contribution in [2.24, 2.45) is 0 Å². The summed E-state index contributed by atoms with van der Waals surface area (Å²) in [6.45, 7) is 6.89. The van der Waals surface area contributed by atoms with Gasteiger partial charge in [-0.1, -0.05) is 25.8 Å². The Balaban J connectivity index is 2.14. The van der Waals surface area contributed by atoms with Gasteiger partial charge in [-0.2, -0.15) is 0 Å². The largest absolute Gasteiger partial charge is 0.366 e. The van der Waals surface area contributed by atoms with Gasteiger partial charge in [0, 0.05) is 19.1 Å². The van der Waals surface area contributed by atoms with E-state index < -0.39 is 0 Å². The molecule has 1 aliphatic heterocycles. The van der Waals surface area contributed by atoms with Crippen LogP contribution in [0.3, 0.4) is 0 Å². The van der Waals surface area contributed by atoms with E-state index >= 15 is 0 Å². The standard InChI is InChI=1S/C16H25FN2/c1-3-18-12-14-8-9-16(15(17)11-14)19-10-6-4-5-7-13(19)2/h8-9,11,13,18H,3-7,10,12H2,1-2H3. The van der Waals surface area contributed by atoms with Gasteiger partial charge in [-0.15, -0.1) is 0 Å². The van der Waals surface area contributed by atoms with Gasteiger partial charge < -0.3 is 10.2 Å². The van der Waals surface area contributed by atoms with Crippen LogP contribution in [0.5, 0.6) is 0 Å². The molecule has 1 aromatic rings. The van der Waals surface area contributed by atoms with E-state index in [1.54, 1.807) is 6.07 Å². The van der Waals surface area contributed by atoms with E-state index in [1.807, 2.05) is 12.1 Å². The Morgan fingerprint density at radius 3 is 2.89 bits per heavy atom. The summed E-state index contributed by atoms with van der Waals surface area (Å²) >= 11 is 0. The van der Waals surface area contributed by atoms with Crippen molar-refractivity contribution in [1.29, 1.82) is 0 Å². The van der Waals surface area contributed by atoms with Crippen LogP contribution in [0.25, 0.3) is 0 Å². The Bertz CT molecular complexity index is 406. The second-order valence-electron chi connectivity index (χ2n) is 5.46. The van der Waals surface area contributed by atoms with E-state index in [0.29, 0.717) is 6.04 Å². The summed E-state index contributed by atoms with van der Waals surface area (Å²) in [5.74, 6) is -0.0795. The van der Waals surface area contributed by atoms with Gasteiger partial charge in [-0.25, -0.2) is 4.39 Å². The molecule has 1 saturated heterocycles. The predicted octanol–water partition coefficient (Wildman–Crippen LogP) is 3.70. The molecule has 1 aromatic carbocycles. The number of hydrogen-bond acceptors (Lipinski definition) is 2. The van der Waals surface area contributed by atoms with Gasteiger partial charge in [0.2, 0.25) is 0 Å². The number of nitrogens with one attached hydrogen (secondary N) is 1. The number of hydrogen-bond donors (Lipinski definition) is 1. The maximum atomic E-state index is 14.3. The fourth-order valence-corrected chi connectivity index (χ4v) is 2.80. The summed E-state index contributed by atoms with van der Waals surface area (Å²) in [7, 11) is 0. The molecule has 1 N–H and O–H groups in total. The second kappa shape index (κ2) is 6.90. The van der Waals surface area contributed by atoms with Crippen molar-refractivity contribution < 1.29 is 4.39 Å². The minimum Gasteiger partial charge on any atom is -0.366 e. The zero-order valence-corrected chi connectivity index (χ0v) is 12.1. The Morgan fingerprint density at radius 2 is 2.16 bits per heavy atom. The number of nitrogens with zero attached hydrogens (tertiary/aromatic N) is 1. The first-order valence-corrected chi connectivity index (χ1v) is 7.48. The van der Waals surface area contributed by atoms with E-state index in [9.17, 15) is 4.39 Å². The Kier molecular flexibility index (Phi) is 5.20. The highest BCUT2D eigenvalue weighted by atomic mass is 19.1. The lowest BCUT2D eigenvalue weighted by Crippen LogP contribution is -2.33. The Labute approximate surface area is 116 Å². The number of anilines is 1. The molecule has 0 bridgehead atoms. The molecule has 1 atom stereocenters. The zero-order valence-electron chi connectivity index (χ0n) is 12.1. The molecule has 1 fully saturated rings. The van der Waals surface area contributed by atoms with Gasteiger partial charge in [0.15, 0.2) is 0 Å². The smallest absolute Gasteiger partial charge is 0.146 e. The highest BCUT2D eigenvalue weighted by molar-refractivity contribution is 5.50. The van der Waals surface area contributed by atoms with Crippen LogP contribution < -0.4 is 10.2 Å². The summed E-state index contributed by atoms with van der Waals surface area (Å²) < 4.78 is 14.3. The van der Waals surface area contributed by atoms with Gasteiger partial charge in [-0.05, 0) is 44.0 Å². The number of halogens is 1. The molecule has 0 saturated carbocycles. The van der Waals surface area contributed by atoms with Crippen molar-refractivity contribution in [1.82, 2.24) is 5.32 Å². The summed E-state index contributed by atoms with van der Waals surface area (Å²) in [4.78, 5) is 2.24. The van der Waals surface area contributed by atoms with E-state index in [2.05, 4.69) is 24.1 Å². The third kappa shape index (κ3) is 3.69. The van der Waals surface area contributed by atoms with Crippen molar-refractivity contribution in [2.75, 3.05) is 18.0 Å². The van der Waals surface area contributed by atoms with Crippen molar-refractivity contribution in [3.05, 3.63) is 29.6 Å². The SMILES string of the molecule is CCNCc1ccc(N2CCCCCC2C)c(F)c1. The van der Waals surface area contributed by atoms with Crippen LogP contribution in [0.4, 0.5) is 10.1 Å². The van der Waals surface area contributed by atoms with Crippen LogP contribution in [-0.4, -0.2) is 19.1 Å². The van der Waals surface area contributed by atoms with Crippen molar-refractivity contribution in [3.8, 4) is 0 Å². The second-order valence-corrected chi connectivity index (χ2v) is 5.46. The minimum atomic E-state index is -0.0795. The van der Waals surface area contributed by atoms with E-state index in [1.165, 1.54) is 25.7 Å². The lowest BCUT2D eigenvalue weighted by atomic mass is 10.1. The molecule has 0 amide bonds. The number of benzene rings is 1. The van der Waals surface area contributed by atoms with Crippen LogP contribution in [0.15, 0.2) is 18.2 Å². The van der Waals surface area contributed by atoms with Gasteiger partial charge in [-0.3, -0.25) is 0 Å². The van der Waals surface area contributed by atoms with Gasteiger partial charge in [0.1, 0.15) is 5.82 Å². The van der Waals surface area contributed by atoms with Crippen LogP contribution in [0.2, 0.25) is 0 Å². The van der Waals surface area contributed by atoms with Gasteiger partial charge >= 0.3 is 0 Å². The molecule has 1 heterocycles. The maximum Gasteiger partial charge on any atom is 0.146 e. The molecule has 2 nitrogen and oxygen atoms in total. The topological polar surface area (TPSA) is 15.3 Å². The minimum absolute atomic E-state index is 0.0795. The summed E-state index contributed by atoms with van der Waals surface area (Å²) in [5.41, 5.74) is 1.79. The molecule has 0 aromatic heterocycles. The highest BCUT2D eigenvalue weighted by Gasteiger charge is 2.19. The fraction of sp³-hybridized carbons (Fsp3) is 0.625. The zero-order chi connectivity index (χ0) is 13.7. The highest BCUT2D eigenvalue weighted by Crippen LogP contribution is 2.27. The van der Waals surface area contributed by atoms with Crippen LogP contribution in [-0.2, 0) is 6.54 Å². The van der Waals surface area contributed by atoms with E-state index in [-0.39, 0.29) is 5.82 Å². The average Bonchev–Trinajstić information content (AvgIpc) is 2.61. The van der Waals surface area contributed by atoms with E-state index in [0.717, 1.165) is 30.9 Å². The fourth-order valence-electron chi connectivity index (χ4n) is 2.80. The van der Waals surface area contributed by atoms with Crippen LogP contribution in [0, 0.1) is 5.82 Å². The summed E-state index contributed by atoms with van der Waals surface area (Å²) in [6, 6.07) is 6.11. The van der Waals surface area contributed by atoms with Gasteiger partial charge in [0.25, 0.3) is 0 Å².